The molecule has 0 amide bonds. The number of hydrogen-bond donors (Lipinski definition) is 0. The van der Waals surface area contributed by atoms with Crippen LogP contribution in [-0.2, 0) is 5.41 Å². The third kappa shape index (κ3) is 3.07. The number of fused-ring (bicyclic) bond motifs is 6. The van der Waals surface area contributed by atoms with E-state index in [2.05, 4.69) is 98.7 Å². The van der Waals surface area contributed by atoms with Gasteiger partial charge in [-0.3, -0.25) is 4.98 Å². The molecule has 0 spiro atoms. The van der Waals surface area contributed by atoms with Crippen LogP contribution in [0.2, 0.25) is 0 Å². The normalized spacial score (nSPS) is 11.9. The molecule has 3 heteroatoms. The van der Waals surface area contributed by atoms with Crippen LogP contribution in [0.1, 0.15) is 37.5 Å². The number of aromatic nitrogens is 2. The monoisotopic (exact) mass is 384 g/mol. The first-order chi connectivity index (χ1) is 13.9. The molecule has 144 valence electrons. The van der Waals surface area contributed by atoms with Crippen molar-refractivity contribution in [1.29, 1.82) is 0 Å². The van der Waals surface area contributed by atoms with Crippen LogP contribution in [0.3, 0.4) is 0 Å². The molecular formula is C27H25LiN2. The van der Waals surface area contributed by atoms with Gasteiger partial charge in [-0.2, -0.15) is 0 Å². The second-order valence-electron chi connectivity index (χ2n) is 9.02. The number of rotatable bonds is 1. The zero-order valence-corrected chi connectivity index (χ0v) is 18.7. The van der Waals surface area contributed by atoms with Crippen LogP contribution in [0.15, 0.2) is 60.9 Å². The van der Waals surface area contributed by atoms with Crippen LogP contribution >= 0.6 is 0 Å². The summed E-state index contributed by atoms with van der Waals surface area (Å²) in [5.74, 6) is 0. The molecule has 30 heavy (non-hydrogen) atoms. The van der Waals surface area contributed by atoms with Crippen LogP contribution in [0.5, 0.6) is 0 Å². The van der Waals surface area contributed by atoms with Gasteiger partial charge in [-0.05, 0) is 53.0 Å². The molecule has 0 fully saturated rings. The van der Waals surface area contributed by atoms with Crippen LogP contribution in [-0.4, -0.2) is 9.38 Å². The summed E-state index contributed by atoms with van der Waals surface area (Å²) in [4.78, 5) is 4.68. The van der Waals surface area contributed by atoms with Crippen molar-refractivity contribution < 1.29 is 18.9 Å². The number of benzene rings is 3. The van der Waals surface area contributed by atoms with E-state index in [-0.39, 0.29) is 24.3 Å². The van der Waals surface area contributed by atoms with Gasteiger partial charge in [0, 0.05) is 23.5 Å². The number of nitrogens with zero attached hydrogens (tertiary/aromatic N) is 2. The maximum absolute atomic E-state index is 4.68. The molecule has 0 saturated carbocycles. The van der Waals surface area contributed by atoms with Crippen molar-refractivity contribution in [3.63, 3.8) is 0 Å². The van der Waals surface area contributed by atoms with Crippen molar-refractivity contribution in [3.05, 3.63) is 83.7 Å². The molecule has 0 unspecified atom stereocenters. The van der Waals surface area contributed by atoms with E-state index < -0.39 is 0 Å². The topological polar surface area (TPSA) is 17.3 Å². The van der Waals surface area contributed by atoms with Crippen molar-refractivity contribution >= 4 is 27.3 Å². The van der Waals surface area contributed by atoms with Gasteiger partial charge >= 0.3 is 18.9 Å². The minimum Gasteiger partial charge on any atom is -0.340 e. The number of imidazole rings is 1. The number of pyridine rings is 1. The molecule has 5 aromatic rings. The Hall–Kier alpha value is -2.53. The summed E-state index contributed by atoms with van der Waals surface area (Å²) < 4.78 is 2.24. The maximum atomic E-state index is 4.68. The molecule has 0 atom stereocenters. The van der Waals surface area contributed by atoms with Crippen molar-refractivity contribution in [2.75, 3.05) is 0 Å². The van der Waals surface area contributed by atoms with Gasteiger partial charge in [-0.15, -0.1) is 29.7 Å². The predicted molar refractivity (Wildman–Crippen MR) is 123 cm³/mol. The second kappa shape index (κ2) is 7.31. The van der Waals surface area contributed by atoms with E-state index in [1.54, 1.807) is 0 Å². The average Bonchev–Trinajstić information content (AvgIpc) is 3.17. The first-order valence-corrected chi connectivity index (χ1v) is 10.2. The fourth-order valence-corrected chi connectivity index (χ4v) is 4.48. The van der Waals surface area contributed by atoms with Crippen molar-refractivity contribution in [3.8, 4) is 11.1 Å². The van der Waals surface area contributed by atoms with Crippen molar-refractivity contribution in [2.45, 2.75) is 40.0 Å². The fourth-order valence-electron chi connectivity index (χ4n) is 4.48. The third-order valence-corrected chi connectivity index (χ3v) is 5.98. The van der Waals surface area contributed by atoms with Gasteiger partial charge in [0.2, 0.25) is 0 Å². The fraction of sp³-hybridized carbons (Fsp3) is 0.222. The first-order valence-electron chi connectivity index (χ1n) is 10.2. The Kier molecular flexibility index (Phi) is 5.05. The van der Waals surface area contributed by atoms with E-state index in [0.717, 1.165) is 11.0 Å². The molecule has 2 aromatic heterocycles. The minimum absolute atomic E-state index is 0. The summed E-state index contributed by atoms with van der Waals surface area (Å²) in [6, 6.07) is 21.0. The van der Waals surface area contributed by atoms with E-state index in [1.165, 1.54) is 44.1 Å². The molecule has 2 nitrogen and oxygen atoms in total. The summed E-state index contributed by atoms with van der Waals surface area (Å²) in [6.07, 6.45) is 3.97. The molecule has 0 aliphatic heterocycles. The molecule has 0 aliphatic rings. The number of hydrogen-bond acceptors (Lipinski definition) is 1. The molecule has 0 N–H and O–H groups in total. The van der Waals surface area contributed by atoms with Crippen LogP contribution in [0.4, 0.5) is 0 Å². The summed E-state index contributed by atoms with van der Waals surface area (Å²) in [5.41, 5.74) is 8.76. The van der Waals surface area contributed by atoms with E-state index in [4.69, 9.17) is 0 Å². The predicted octanol–water partition coefficient (Wildman–Crippen LogP) is 4.03. The van der Waals surface area contributed by atoms with Crippen LogP contribution < -0.4 is 18.9 Å². The Morgan fingerprint density at radius 3 is 2.37 bits per heavy atom. The van der Waals surface area contributed by atoms with Crippen LogP contribution in [0.25, 0.3) is 38.4 Å². The summed E-state index contributed by atoms with van der Waals surface area (Å²) in [7, 11) is 0. The Labute approximate surface area is 190 Å². The maximum Gasteiger partial charge on any atom is 1.00 e. The average molecular weight is 384 g/mol. The zero-order chi connectivity index (χ0) is 20.3. The Morgan fingerprint density at radius 1 is 0.933 bits per heavy atom. The van der Waals surface area contributed by atoms with Gasteiger partial charge in [0.15, 0.2) is 0 Å². The van der Waals surface area contributed by atoms with E-state index in [9.17, 15) is 0 Å². The summed E-state index contributed by atoms with van der Waals surface area (Å²) >= 11 is 0. The van der Waals surface area contributed by atoms with Crippen molar-refractivity contribution in [1.82, 2.24) is 9.38 Å². The summed E-state index contributed by atoms with van der Waals surface area (Å²) in [5, 5.41) is 3.54. The van der Waals surface area contributed by atoms with Crippen molar-refractivity contribution in [2.24, 2.45) is 0 Å². The smallest absolute Gasteiger partial charge is 0.340 e. The Bertz CT molecular complexity index is 1380. The van der Waals surface area contributed by atoms with E-state index in [1.807, 2.05) is 12.3 Å². The number of aryl methyl sites for hydroxylation is 2. The van der Waals surface area contributed by atoms with Crippen LogP contribution in [0, 0.1) is 19.9 Å². The zero-order valence-electron chi connectivity index (χ0n) is 18.7. The minimum atomic E-state index is 0. The molecule has 0 radical (unpaired) electrons. The standard InChI is InChI=1S/C27H25N2.Li/c1-17-9-8-10-18(2)24(17)23-16-19(27(3,4)5)15-22-20-11-6-7-12-21(20)26-28-13-14-29(26)25(22)23;/h6-11,13-16H,1-5H3;/q-1;+1. The quantitative estimate of drug-likeness (QED) is 0.242. The van der Waals surface area contributed by atoms with E-state index >= 15 is 0 Å². The SMILES string of the molecule is Cc1cccc(C)c1-c1cc(C(C)(C)C)cc2c3ccc[c-]c3c3nccn3c12.[Li+]. The molecule has 0 saturated heterocycles. The molecular weight excluding hydrogens is 359 g/mol. The molecule has 0 aliphatic carbocycles. The van der Waals surface area contributed by atoms with Gasteiger partial charge in [0.25, 0.3) is 0 Å². The second-order valence-corrected chi connectivity index (χ2v) is 9.02. The van der Waals surface area contributed by atoms with Gasteiger partial charge in [-0.25, -0.2) is 0 Å². The molecule has 3 aromatic carbocycles. The van der Waals surface area contributed by atoms with Gasteiger partial charge in [0.05, 0.1) is 5.65 Å². The molecule has 0 bridgehead atoms. The van der Waals surface area contributed by atoms with Gasteiger partial charge in [-0.1, -0.05) is 50.4 Å². The van der Waals surface area contributed by atoms with E-state index in [0.29, 0.717) is 0 Å². The van der Waals surface area contributed by atoms with Gasteiger partial charge in [0.1, 0.15) is 0 Å². The molecule has 2 heterocycles. The van der Waals surface area contributed by atoms with Gasteiger partial charge < -0.3 is 4.40 Å². The Balaban J connectivity index is 0.00000218. The Morgan fingerprint density at radius 2 is 1.67 bits per heavy atom. The largest absolute Gasteiger partial charge is 1.00 e. The third-order valence-electron chi connectivity index (χ3n) is 5.98. The summed E-state index contributed by atoms with van der Waals surface area (Å²) in [6.45, 7) is 11.3. The molecule has 5 rings (SSSR count). The first kappa shape index (κ1) is 20.7.